The molecular formula is C13H17FN2. The van der Waals surface area contributed by atoms with Gasteiger partial charge in [0.05, 0.1) is 5.69 Å². The molecule has 0 heterocycles. The van der Waals surface area contributed by atoms with Gasteiger partial charge in [0.2, 0.25) is 0 Å². The Labute approximate surface area is 95.7 Å². The van der Waals surface area contributed by atoms with Crippen LogP contribution in [-0.2, 0) is 0 Å². The number of nitrogens with two attached hydrogens (primary N) is 1. The van der Waals surface area contributed by atoms with Crippen molar-refractivity contribution in [3.8, 4) is 0 Å². The topological polar surface area (TPSA) is 38.4 Å². The third-order valence-electron chi connectivity index (χ3n) is 1.98. The number of aliphatic imine (C=N–C) groups is 1. The molecule has 1 aromatic rings. The lowest BCUT2D eigenvalue weighted by Gasteiger charge is -2.02. The van der Waals surface area contributed by atoms with Gasteiger partial charge in [0, 0.05) is 11.9 Å². The van der Waals surface area contributed by atoms with Gasteiger partial charge in [-0.25, -0.2) is 4.39 Å². The van der Waals surface area contributed by atoms with Gasteiger partial charge in [-0.1, -0.05) is 13.8 Å². The molecule has 16 heavy (non-hydrogen) atoms. The molecule has 0 aromatic heterocycles. The summed E-state index contributed by atoms with van der Waals surface area (Å²) in [5, 5.41) is 0. The molecule has 0 fully saturated rings. The molecule has 0 aliphatic heterocycles. The third-order valence-corrected chi connectivity index (χ3v) is 1.98. The van der Waals surface area contributed by atoms with Crippen LogP contribution in [0.3, 0.4) is 0 Å². The van der Waals surface area contributed by atoms with E-state index in [0.29, 0.717) is 5.92 Å². The molecule has 0 aliphatic carbocycles. The molecule has 1 aromatic carbocycles. The third kappa shape index (κ3) is 4.73. The second kappa shape index (κ2) is 6.05. The zero-order valence-electron chi connectivity index (χ0n) is 9.65. The Kier molecular flexibility index (Phi) is 4.70. The average Bonchev–Trinajstić information content (AvgIpc) is 2.20. The predicted molar refractivity (Wildman–Crippen MR) is 66.3 cm³/mol. The van der Waals surface area contributed by atoms with Crippen molar-refractivity contribution in [1.82, 2.24) is 0 Å². The smallest absolute Gasteiger partial charge is 0.123 e. The molecule has 2 N–H and O–H groups in total. The number of allylic oxidation sites excluding steroid dienone is 2. The van der Waals surface area contributed by atoms with Gasteiger partial charge < -0.3 is 5.73 Å². The van der Waals surface area contributed by atoms with E-state index in [1.165, 1.54) is 12.1 Å². The van der Waals surface area contributed by atoms with Gasteiger partial charge >= 0.3 is 0 Å². The van der Waals surface area contributed by atoms with Crippen LogP contribution in [0.1, 0.15) is 20.3 Å². The maximum Gasteiger partial charge on any atom is 0.123 e. The first-order valence-electron chi connectivity index (χ1n) is 5.32. The lowest BCUT2D eigenvalue weighted by molar-refractivity contribution is 0.628. The second-order valence-electron chi connectivity index (χ2n) is 4.09. The summed E-state index contributed by atoms with van der Waals surface area (Å²) in [6.45, 7) is 4.22. The first-order chi connectivity index (χ1) is 7.58. The fourth-order valence-corrected chi connectivity index (χ4v) is 1.29. The molecule has 0 bridgehead atoms. The zero-order valence-corrected chi connectivity index (χ0v) is 9.65. The van der Waals surface area contributed by atoms with Crippen molar-refractivity contribution in [2.24, 2.45) is 16.6 Å². The van der Waals surface area contributed by atoms with E-state index in [-0.39, 0.29) is 5.82 Å². The number of rotatable bonds is 4. The molecule has 0 unspecified atom stereocenters. The van der Waals surface area contributed by atoms with Gasteiger partial charge in [0.1, 0.15) is 5.82 Å². The van der Waals surface area contributed by atoms with Crippen molar-refractivity contribution in [2.75, 3.05) is 0 Å². The van der Waals surface area contributed by atoms with Crippen LogP contribution in [0.15, 0.2) is 41.0 Å². The Bertz CT molecular complexity index is 377. The summed E-state index contributed by atoms with van der Waals surface area (Å²) in [7, 11) is 0. The number of hydrogen-bond donors (Lipinski definition) is 1. The summed E-state index contributed by atoms with van der Waals surface area (Å²) in [5.74, 6) is 0.282. The number of nitrogens with zero attached hydrogens (tertiary/aromatic N) is 1. The Hall–Kier alpha value is -1.64. The van der Waals surface area contributed by atoms with E-state index in [1.807, 2.05) is 0 Å². The van der Waals surface area contributed by atoms with E-state index >= 15 is 0 Å². The Balaban J connectivity index is 2.57. The summed E-state index contributed by atoms with van der Waals surface area (Å²) in [5.41, 5.74) is 7.30. The molecule has 2 nitrogen and oxygen atoms in total. The number of halogens is 1. The van der Waals surface area contributed by atoms with Gasteiger partial charge in [0.15, 0.2) is 0 Å². The highest BCUT2D eigenvalue weighted by molar-refractivity contribution is 5.75. The average molecular weight is 220 g/mol. The Morgan fingerprint density at radius 1 is 1.38 bits per heavy atom. The largest absolute Gasteiger partial charge is 0.402 e. The van der Waals surface area contributed by atoms with Gasteiger partial charge in [-0.05, 0) is 42.7 Å². The quantitative estimate of drug-likeness (QED) is 0.776. The minimum absolute atomic E-state index is 0.256. The zero-order chi connectivity index (χ0) is 12.0. The summed E-state index contributed by atoms with van der Waals surface area (Å²) >= 11 is 0. The second-order valence-corrected chi connectivity index (χ2v) is 4.09. The maximum atomic E-state index is 12.6. The van der Waals surface area contributed by atoms with Gasteiger partial charge in [-0.15, -0.1) is 0 Å². The fraction of sp³-hybridized carbons (Fsp3) is 0.308. The van der Waals surface area contributed by atoms with E-state index in [0.717, 1.165) is 17.8 Å². The lowest BCUT2D eigenvalue weighted by Crippen LogP contribution is -2.01. The molecule has 86 valence electrons. The van der Waals surface area contributed by atoms with Gasteiger partial charge in [0.25, 0.3) is 0 Å². The predicted octanol–water partition coefficient (Wildman–Crippen LogP) is 3.42. The van der Waals surface area contributed by atoms with Crippen LogP contribution in [0.2, 0.25) is 0 Å². The first kappa shape index (κ1) is 12.4. The highest BCUT2D eigenvalue weighted by Gasteiger charge is 1.94. The molecule has 0 aliphatic rings. The molecule has 1 rings (SSSR count). The summed E-state index contributed by atoms with van der Waals surface area (Å²) in [6, 6.07) is 6.01. The van der Waals surface area contributed by atoms with E-state index in [2.05, 4.69) is 18.8 Å². The van der Waals surface area contributed by atoms with E-state index in [4.69, 9.17) is 5.73 Å². The minimum Gasteiger partial charge on any atom is -0.402 e. The molecule has 0 spiro atoms. The fourth-order valence-electron chi connectivity index (χ4n) is 1.29. The molecule has 0 saturated carbocycles. The Morgan fingerprint density at radius 3 is 2.56 bits per heavy atom. The number of hydrogen-bond acceptors (Lipinski definition) is 2. The van der Waals surface area contributed by atoms with E-state index in [9.17, 15) is 4.39 Å². The van der Waals surface area contributed by atoms with Crippen molar-refractivity contribution >= 4 is 11.9 Å². The summed E-state index contributed by atoms with van der Waals surface area (Å²) in [4.78, 5) is 4.15. The van der Waals surface area contributed by atoms with Crippen molar-refractivity contribution < 1.29 is 4.39 Å². The van der Waals surface area contributed by atoms with Gasteiger partial charge in [-0.3, -0.25) is 4.99 Å². The first-order valence-corrected chi connectivity index (χ1v) is 5.32. The monoisotopic (exact) mass is 220 g/mol. The highest BCUT2D eigenvalue weighted by Crippen LogP contribution is 2.11. The molecular weight excluding hydrogens is 203 g/mol. The van der Waals surface area contributed by atoms with Crippen molar-refractivity contribution in [3.63, 3.8) is 0 Å². The highest BCUT2D eigenvalue weighted by atomic mass is 19.1. The van der Waals surface area contributed by atoms with Gasteiger partial charge in [-0.2, -0.15) is 0 Å². The lowest BCUT2D eigenvalue weighted by atomic mass is 10.1. The Morgan fingerprint density at radius 2 is 2.00 bits per heavy atom. The van der Waals surface area contributed by atoms with Crippen LogP contribution < -0.4 is 5.73 Å². The normalized spacial score (nSPS) is 12.6. The number of benzene rings is 1. The molecule has 0 amide bonds. The van der Waals surface area contributed by atoms with E-state index in [1.54, 1.807) is 24.4 Å². The molecule has 0 atom stereocenters. The molecule has 0 saturated heterocycles. The van der Waals surface area contributed by atoms with Crippen LogP contribution in [-0.4, -0.2) is 6.21 Å². The van der Waals surface area contributed by atoms with Crippen LogP contribution in [0.25, 0.3) is 0 Å². The molecule has 0 radical (unpaired) electrons. The summed E-state index contributed by atoms with van der Waals surface area (Å²) in [6.07, 6.45) is 4.28. The minimum atomic E-state index is -0.256. The standard InChI is InChI=1S/C13H17FN2/c1-10(2)9-12(15)7-8-16-13-5-3-11(14)4-6-13/h3-8,10H,9,15H2,1-2H3. The summed E-state index contributed by atoms with van der Waals surface area (Å²) < 4.78 is 12.6. The molecule has 3 heteroatoms. The van der Waals surface area contributed by atoms with Crippen LogP contribution in [0.5, 0.6) is 0 Å². The maximum absolute atomic E-state index is 12.6. The SMILES string of the molecule is CC(C)CC(N)=CC=Nc1ccc(F)cc1. The van der Waals surface area contributed by atoms with Crippen molar-refractivity contribution in [1.29, 1.82) is 0 Å². The van der Waals surface area contributed by atoms with Crippen LogP contribution in [0.4, 0.5) is 10.1 Å². The van der Waals surface area contributed by atoms with E-state index < -0.39 is 0 Å². The van der Waals surface area contributed by atoms with Crippen LogP contribution >= 0.6 is 0 Å². The van der Waals surface area contributed by atoms with Crippen LogP contribution in [0, 0.1) is 11.7 Å². The van der Waals surface area contributed by atoms with Crippen molar-refractivity contribution in [2.45, 2.75) is 20.3 Å². The van der Waals surface area contributed by atoms with Crippen molar-refractivity contribution in [3.05, 3.63) is 41.9 Å².